The van der Waals surface area contributed by atoms with Crippen molar-refractivity contribution in [2.45, 2.75) is 26.3 Å². The highest BCUT2D eigenvalue weighted by Gasteiger charge is 2.35. The number of benzene rings is 3. The van der Waals surface area contributed by atoms with E-state index in [1.807, 2.05) is 41.3 Å². The fourth-order valence-corrected chi connectivity index (χ4v) is 5.20. The van der Waals surface area contributed by atoms with Gasteiger partial charge in [-0.2, -0.15) is 5.10 Å². The number of aryl methyl sites for hydroxylation is 2. The molecule has 7 heteroatoms. The van der Waals surface area contributed by atoms with Crippen molar-refractivity contribution >= 4 is 17.3 Å². The summed E-state index contributed by atoms with van der Waals surface area (Å²) in [5, 5.41) is 6.54. The Morgan fingerprint density at radius 3 is 2.54 bits per heavy atom. The highest BCUT2D eigenvalue weighted by atomic mass is 19.1. The molecule has 0 radical (unpaired) electrons. The summed E-state index contributed by atoms with van der Waals surface area (Å²) in [4.78, 5) is 17.9. The summed E-state index contributed by atoms with van der Waals surface area (Å²) in [6.45, 7) is 7.16. The third-order valence-electron chi connectivity index (χ3n) is 7.29. The number of amides is 1. The van der Waals surface area contributed by atoms with Crippen LogP contribution in [0.3, 0.4) is 0 Å². The minimum atomic E-state index is -0.208. The predicted octanol–water partition coefficient (Wildman–Crippen LogP) is 4.95. The fraction of sp³-hybridized carbons (Fsp3) is 0.333. The first-order chi connectivity index (χ1) is 17.9. The smallest absolute Gasteiger partial charge is 0.257 e. The number of hydrogen-bond acceptors (Lipinski definition) is 5. The number of nitrogens with zero attached hydrogens (tertiary/aromatic N) is 4. The molecule has 1 atom stereocenters. The van der Waals surface area contributed by atoms with E-state index >= 15 is 0 Å². The number of hydrogen-bond donors (Lipinski definition) is 0. The molecule has 37 heavy (non-hydrogen) atoms. The Kier molecular flexibility index (Phi) is 7.24. The molecular weight excluding hydrogens is 467 g/mol. The molecule has 2 aliphatic rings. The number of rotatable bonds is 6. The van der Waals surface area contributed by atoms with Gasteiger partial charge in [-0.3, -0.25) is 9.69 Å². The van der Waals surface area contributed by atoms with Gasteiger partial charge in [-0.15, -0.1) is 0 Å². The van der Waals surface area contributed by atoms with Gasteiger partial charge < -0.3 is 9.64 Å². The van der Waals surface area contributed by atoms with Crippen LogP contribution in [0.4, 0.5) is 10.1 Å². The van der Waals surface area contributed by atoms with Crippen LogP contribution in [0.1, 0.15) is 34.7 Å². The number of hydrazone groups is 1. The van der Waals surface area contributed by atoms with Gasteiger partial charge >= 0.3 is 0 Å². The number of ether oxygens (including phenoxy) is 1. The van der Waals surface area contributed by atoms with Crippen LogP contribution in [0.2, 0.25) is 0 Å². The van der Waals surface area contributed by atoms with Crippen molar-refractivity contribution in [1.82, 2.24) is 9.91 Å². The zero-order valence-electron chi connectivity index (χ0n) is 21.7. The van der Waals surface area contributed by atoms with Crippen LogP contribution in [0.25, 0.3) is 0 Å². The minimum Gasteiger partial charge on any atom is -0.497 e. The van der Waals surface area contributed by atoms with E-state index < -0.39 is 0 Å². The average Bonchev–Trinajstić information content (AvgIpc) is 3.36. The average molecular weight is 501 g/mol. The maximum absolute atomic E-state index is 14.2. The van der Waals surface area contributed by atoms with Gasteiger partial charge in [-0.1, -0.05) is 48.0 Å². The molecule has 6 nitrogen and oxygen atoms in total. The molecule has 0 aliphatic carbocycles. The lowest BCUT2D eigenvalue weighted by atomic mass is 9.94. The van der Waals surface area contributed by atoms with Crippen LogP contribution >= 0.6 is 0 Å². The summed E-state index contributed by atoms with van der Waals surface area (Å²) in [7, 11) is 1.65. The molecule has 192 valence electrons. The lowest BCUT2D eigenvalue weighted by molar-refractivity contribution is -0.134. The van der Waals surface area contributed by atoms with Crippen molar-refractivity contribution in [2.24, 2.45) is 5.10 Å². The van der Waals surface area contributed by atoms with Crippen LogP contribution in [0, 0.1) is 19.7 Å². The van der Waals surface area contributed by atoms with E-state index in [0.29, 0.717) is 38.3 Å². The SMILES string of the molecule is COc1cccc(C2=NN(C(=O)CN3CCN(c4ccccc4F)CC3)[C@@H](c3cc(C)ccc3C)C2)c1. The number of methoxy groups -OCH3 is 1. The maximum atomic E-state index is 14.2. The lowest BCUT2D eigenvalue weighted by Crippen LogP contribution is -2.49. The quantitative estimate of drug-likeness (QED) is 0.481. The molecule has 1 saturated heterocycles. The predicted molar refractivity (Wildman–Crippen MR) is 145 cm³/mol. The second-order valence-corrected chi connectivity index (χ2v) is 9.81. The molecule has 0 N–H and O–H groups in total. The van der Waals surface area contributed by atoms with Crippen molar-refractivity contribution in [3.05, 3.63) is 94.8 Å². The molecule has 0 spiro atoms. The number of anilines is 1. The number of para-hydroxylation sites is 1. The zero-order chi connectivity index (χ0) is 25.9. The molecule has 3 aromatic carbocycles. The molecule has 0 unspecified atom stereocenters. The summed E-state index contributed by atoms with van der Waals surface area (Å²) in [6, 6.07) is 20.9. The molecule has 2 aliphatic heterocycles. The van der Waals surface area contributed by atoms with E-state index in [4.69, 9.17) is 9.84 Å². The van der Waals surface area contributed by atoms with Gasteiger partial charge in [0.1, 0.15) is 11.6 Å². The molecule has 5 rings (SSSR count). The Morgan fingerprint density at radius 1 is 1.00 bits per heavy atom. The summed E-state index contributed by atoms with van der Waals surface area (Å²) in [5.41, 5.74) is 5.89. The molecule has 0 saturated carbocycles. The third kappa shape index (κ3) is 5.37. The monoisotopic (exact) mass is 500 g/mol. The van der Waals surface area contributed by atoms with E-state index in [1.54, 1.807) is 18.2 Å². The highest BCUT2D eigenvalue weighted by molar-refractivity contribution is 6.03. The lowest BCUT2D eigenvalue weighted by Gasteiger charge is -2.36. The van der Waals surface area contributed by atoms with Crippen LogP contribution in [0.15, 0.2) is 71.8 Å². The van der Waals surface area contributed by atoms with E-state index in [1.165, 1.54) is 6.07 Å². The number of halogens is 1. The molecule has 2 heterocycles. The first-order valence-corrected chi connectivity index (χ1v) is 12.8. The van der Waals surface area contributed by atoms with E-state index in [2.05, 4.69) is 36.9 Å². The first-order valence-electron chi connectivity index (χ1n) is 12.8. The van der Waals surface area contributed by atoms with Crippen molar-refractivity contribution in [2.75, 3.05) is 44.7 Å². The Hall–Kier alpha value is -3.71. The van der Waals surface area contributed by atoms with Crippen molar-refractivity contribution in [1.29, 1.82) is 0 Å². The Bertz CT molecular complexity index is 1320. The van der Waals surface area contributed by atoms with Gasteiger partial charge in [-0.25, -0.2) is 9.40 Å². The summed E-state index contributed by atoms with van der Waals surface area (Å²) in [5.74, 6) is 0.531. The summed E-state index contributed by atoms with van der Waals surface area (Å²) in [6.07, 6.45) is 0.643. The third-order valence-corrected chi connectivity index (χ3v) is 7.29. The first kappa shape index (κ1) is 25.0. The molecule has 0 bridgehead atoms. The topological polar surface area (TPSA) is 48.4 Å². The van der Waals surface area contributed by atoms with Crippen LogP contribution < -0.4 is 9.64 Å². The molecule has 1 fully saturated rings. The van der Waals surface area contributed by atoms with Crippen molar-refractivity contribution in [3.8, 4) is 5.75 Å². The Morgan fingerprint density at radius 2 is 1.78 bits per heavy atom. The highest BCUT2D eigenvalue weighted by Crippen LogP contribution is 2.35. The fourth-order valence-electron chi connectivity index (χ4n) is 5.20. The van der Waals surface area contributed by atoms with Gasteiger partial charge in [-0.05, 0) is 49.2 Å². The van der Waals surface area contributed by atoms with Crippen LogP contribution in [0.5, 0.6) is 5.75 Å². The number of carbonyl (C=O) groups is 1. The van der Waals surface area contributed by atoms with E-state index in [0.717, 1.165) is 33.7 Å². The maximum Gasteiger partial charge on any atom is 0.257 e. The standard InChI is InChI=1S/C30H33FN4O2/c1-21-11-12-22(2)25(17-21)29-19-27(23-7-6-8-24(18-23)37-3)32-35(29)30(36)20-33-13-15-34(16-14-33)28-10-5-4-9-26(28)31/h4-12,17-18,29H,13-16,19-20H2,1-3H3/t29-/m1/s1. The van der Waals surface area contributed by atoms with E-state index in [-0.39, 0.29) is 24.3 Å². The second-order valence-electron chi connectivity index (χ2n) is 9.81. The van der Waals surface area contributed by atoms with Crippen LogP contribution in [-0.4, -0.2) is 61.4 Å². The summed E-state index contributed by atoms with van der Waals surface area (Å²) < 4.78 is 19.7. The molecule has 0 aromatic heterocycles. The molecular formula is C30H33FN4O2. The van der Waals surface area contributed by atoms with Gasteiger partial charge in [0.25, 0.3) is 5.91 Å². The summed E-state index contributed by atoms with van der Waals surface area (Å²) >= 11 is 0. The molecule has 3 aromatic rings. The number of carbonyl (C=O) groups excluding carboxylic acids is 1. The number of piperazine rings is 1. The van der Waals surface area contributed by atoms with Crippen molar-refractivity contribution < 1.29 is 13.9 Å². The van der Waals surface area contributed by atoms with Gasteiger partial charge in [0.15, 0.2) is 0 Å². The van der Waals surface area contributed by atoms with Gasteiger partial charge in [0.05, 0.1) is 31.1 Å². The van der Waals surface area contributed by atoms with Gasteiger partial charge in [0, 0.05) is 38.2 Å². The van der Waals surface area contributed by atoms with Crippen molar-refractivity contribution in [3.63, 3.8) is 0 Å². The second kappa shape index (κ2) is 10.7. The van der Waals surface area contributed by atoms with Gasteiger partial charge in [0.2, 0.25) is 0 Å². The Balaban J connectivity index is 1.35. The van der Waals surface area contributed by atoms with Crippen LogP contribution in [-0.2, 0) is 4.79 Å². The normalized spacial score (nSPS) is 18.2. The molecule has 1 amide bonds. The Labute approximate surface area is 217 Å². The minimum absolute atomic E-state index is 0.0249. The largest absolute Gasteiger partial charge is 0.497 e. The zero-order valence-corrected chi connectivity index (χ0v) is 21.7. The van der Waals surface area contributed by atoms with E-state index in [9.17, 15) is 9.18 Å².